The average molecular weight is 481 g/mol. The van der Waals surface area contributed by atoms with Gasteiger partial charge in [0.2, 0.25) is 0 Å². The fourth-order valence-corrected chi connectivity index (χ4v) is 3.13. The molecule has 0 amide bonds. The van der Waals surface area contributed by atoms with Gasteiger partial charge in [-0.3, -0.25) is 18.3 Å². The fourth-order valence-electron chi connectivity index (χ4n) is 3.13. The van der Waals surface area contributed by atoms with Crippen molar-refractivity contribution in [1.29, 1.82) is 0 Å². The van der Waals surface area contributed by atoms with Crippen LogP contribution in [0.1, 0.15) is 45.2 Å². The van der Waals surface area contributed by atoms with E-state index in [1.54, 1.807) is 30.3 Å². The first-order valence-electron chi connectivity index (χ1n) is 10.3. The smallest absolute Gasteiger partial charge is 0.397 e. The van der Waals surface area contributed by atoms with Crippen LogP contribution in [0.3, 0.4) is 0 Å². The van der Waals surface area contributed by atoms with Crippen LogP contribution >= 0.6 is 0 Å². The number of anilines is 1. The van der Waals surface area contributed by atoms with Gasteiger partial charge in [-0.05, 0) is 18.6 Å². The number of ether oxygens (including phenoxy) is 1. The highest BCUT2D eigenvalue weighted by Crippen LogP contribution is 2.36. The number of hydrogen-bond donors (Lipinski definition) is 4. The van der Waals surface area contributed by atoms with Gasteiger partial charge in [-0.15, -0.1) is 0 Å². The molecular formula is C22H28N2O8S. The first kappa shape index (κ1) is 26.4. The van der Waals surface area contributed by atoms with Crippen LogP contribution in [0.15, 0.2) is 36.4 Å². The number of phenols is 1. The number of rotatable bonds is 4. The van der Waals surface area contributed by atoms with E-state index in [0.29, 0.717) is 23.4 Å². The largest absolute Gasteiger partial charge is 0.507 e. The van der Waals surface area contributed by atoms with E-state index in [4.69, 9.17) is 9.29 Å². The van der Waals surface area contributed by atoms with E-state index in [2.05, 4.69) is 14.8 Å². The van der Waals surface area contributed by atoms with Crippen LogP contribution in [0.2, 0.25) is 0 Å². The maximum atomic E-state index is 12.7. The highest BCUT2D eigenvalue weighted by molar-refractivity contribution is 7.80. The Balaban J connectivity index is 0.000000263. The molecule has 4 N–H and O–H groups in total. The van der Waals surface area contributed by atoms with Gasteiger partial charge in [0.05, 0.1) is 31.5 Å². The minimum atomic E-state index is -4.16. The molecule has 2 aromatic carbocycles. The molecule has 1 heterocycles. The maximum Gasteiger partial charge on any atom is 0.397 e. The zero-order valence-corrected chi connectivity index (χ0v) is 19.3. The second-order valence-electron chi connectivity index (χ2n) is 6.97. The Morgan fingerprint density at radius 2 is 1.58 bits per heavy atom. The van der Waals surface area contributed by atoms with E-state index >= 15 is 0 Å². The molecule has 0 unspecified atom stereocenters. The van der Waals surface area contributed by atoms with Crippen LogP contribution < -0.4 is 10.6 Å². The minimum absolute atomic E-state index is 0.0970. The molecule has 2 aliphatic rings. The van der Waals surface area contributed by atoms with Gasteiger partial charge >= 0.3 is 10.4 Å². The number of hydrogen-bond acceptors (Lipinski definition) is 9. The summed E-state index contributed by atoms with van der Waals surface area (Å²) in [6.45, 7) is 6.54. The van der Waals surface area contributed by atoms with Crippen LogP contribution in [0.4, 0.5) is 5.69 Å². The quantitative estimate of drug-likeness (QED) is 0.322. The number of nitrogens with one attached hydrogen (secondary N) is 2. The van der Waals surface area contributed by atoms with Crippen LogP contribution in [0, 0.1) is 0 Å². The van der Waals surface area contributed by atoms with Crippen molar-refractivity contribution >= 4 is 27.7 Å². The van der Waals surface area contributed by atoms with E-state index in [1.807, 2.05) is 6.92 Å². The summed E-state index contributed by atoms with van der Waals surface area (Å²) in [6, 6.07) is 9.80. The number of fused-ring (bicyclic) bond motifs is 2. The van der Waals surface area contributed by atoms with Crippen LogP contribution in [-0.4, -0.2) is 69.6 Å². The lowest BCUT2D eigenvalue weighted by Crippen LogP contribution is -2.30. The van der Waals surface area contributed by atoms with E-state index in [9.17, 15) is 23.1 Å². The van der Waals surface area contributed by atoms with Gasteiger partial charge in [0.15, 0.2) is 11.6 Å². The Morgan fingerprint density at radius 3 is 2.00 bits per heavy atom. The van der Waals surface area contributed by atoms with Crippen molar-refractivity contribution in [2.75, 3.05) is 45.3 Å². The Bertz CT molecular complexity index is 1070. The molecule has 0 spiro atoms. The van der Waals surface area contributed by atoms with Gasteiger partial charge in [0, 0.05) is 36.4 Å². The molecule has 2 aromatic rings. The Morgan fingerprint density at radius 1 is 1.03 bits per heavy atom. The maximum absolute atomic E-state index is 12.7. The predicted octanol–water partition coefficient (Wildman–Crippen LogP) is 2.03. The molecule has 1 aliphatic carbocycles. The van der Waals surface area contributed by atoms with Crippen molar-refractivity contribution in [2.45, 2.75) is 13.3 Å². The van der Waals surface area contributed by atoms with Crippen molar-refractivity contribution in [3.63, 3.8) is 0 Å². The second-order valence-corrected chi connectivity index (χ2v) is 8.16. The summed E-state index contributed by atoms with van der Waals surface area (Å²) in [5, 5.41) is 16.3. The molecule has 1 fully saturated rings. The van der Waals surface area contributed by atoms with E-state index in [0.717, 1.165) is 39.8 Å². The van der Waals surface area contributed by atoms with Gasteiger partial charge in [-0.1, -0.05) is 31.2 Å². The summed E-state index contributed by atoms with van der Waals surface area (Å²) >= 11 is 0. The summed E-state index contributed by atoms with van der Waals surface area (Å²) in [5.41, 5.74) is 1.70. The summed E-state index contributed by atoms with van der Waals surface area (Å²) < 4.78 is 34.7. The molecule has 10 nitrogen and oxygen atoms in total. The average Bonchev–Trinajstić information content (AvgIpc) is 2.83. The van der Waals surface area contributed by atoms with Gasteiger partial charge in [0.25, 0.3) is 0 Å². The molecule has 33 heavy (non-hydrogen) atoms. The van der Waals surface area contributed by atoms with Crippen molar-refractivity contribution in [3.05, 3.63) is 58.7 Å². The molecule has 0 radical (unpaired) electrons. The lowest BCUT2D eigenvalue weighted by atomic mass is 9.82. The summed E-state index contributed by atoms with van der Waals surface area (Å²) in [5.74, 6) is -0.688. The Hall–Kier alpha value is -2.83. The molecule has 1 saturated heterocycles. The summed E-state index contributed by atoms with van der Waals surface area (Å²) in [6.07, 6.45) is 0.897. The fraction of sp³-hybridized carbons (Fsp3) is 0.364. The van der Waals surface area contributed by atoms with Gasteiger partial charge in [-0.2, -0.15) is 8.42 Å². The van der Waals surface area contributed by atoms with Crippen molar-refractivity contribution in [2.24, 2.45) is 0 Å². The number of aromatic hydroxyl groups is 1. The van der Waals surface area contributed by atoms with Crippen molar-refractivity contribution in [3.8, 4) is 5.75 Å². The number of ketones is 2. The molecular weight excluding hydrogens is 452 g/mol. The van der Waals surface area contributed by atoms with Crippen LogP contribution in [0.5, 0.6) is 5.75 Å². The molecule has 0 saturated carbocycles. The first-order chi connectivity index (χ1) is 15.7. The third-order valence-corrected chi connectivity index (χ3v) is 5.10. The van der Waals surface area contributed by atoms with Gasteiger partial charge in [-0.25, -0.2) is 0 Å². The molecule has 4 rings (SSSR count). The van der Waals surface area contributed by atoms with Crippen molar-refractivity contribution < 1.29 is 36.6 Å². The van der Waals surface area contributed by atoms with E-state index in [1.165, 1.54) is 6.07 Å². The molecule has 0 atom stereocenters. The number of phenolic OH excluding ortho intramolecular Hbond substituents is 1. The van der Waals surface area contributed by atoms with E-state index in [-0.39, 0.29) is 28.4 Å². The van der Waals surface area contributed by atoms with Crippen molar-refractivity contribution in [1.82, 2.24) is 5.32 Å². The lowest BCUT2D eigenvalue weighted by molar-refractivity contribution is 0.0977. The Labute approximate surface area is 192 Å². The number of carbonyl (C=O) groups excluding carboxylic acids is 2. The highest BCUT2D eigenvalue weighted by Gasteiger charge is 2.33. The van der Waals surface area contributed by atoms with E-state index < -0.39 is 10.4 Å². The Kier molecular flexibility index (Phi) is 9.95. The second kappa shape index (κ2) is 12.4. The number of benzene rings is 2. The van der Waals surface area contributed by atoms with Crippen LogP contribution in [0.25, 0.3) is 0 Å². The topological polar surface area (TPSA) is 151 Å². The normalized spacial score (nSPS) is 14.6. The van der Waals surface area contributed by atoms with Crippen LogP contribution in [-0.2, 0) is 19.3 Å². The third-order valence-electron chi connectivity index (χ3n) is 4.68. The molecule has 11 heteroatoms. The predicted molar refractivity (Wildman–Crippen MR) is 122 cm³/mol. The third kappa shape index (κ3) is 7.34. The molecule has 180 valence electrons. The van der Waals surface area contributed by atoms with Gasteiger partial charge in [0.1, 0.15) is 5.75 Å². The minimum Gasteiger partial charge on any atom is -0.507 e. The standard InChI is InChI=1S/C17H15NO3.C4H9NO.CH4O4S/c1-2-9-18-12-7-8-13(19)15-14(12)16(20)10-5-3-4-6-11(10)17(15)21;1-3-6-4-2-5-1;1-5-6(2,3)4/h3-8,18-19H,2,9H2,1H3;5H,1-4H2;1H3,(H,2,3,4). The lowest BCUT2D eigenvalue weighted by Gasteiger charge is -2.21. The van der Waals surface area contributed by atoms with Gasteiger partial charge < -0.3 is 20.5 Å². The zero-order chi connectivity index (χ0) is 24.4. The summed E-state index contributed by atoms with van der Waals surface area (Å²) in [4.78, 5) is 25.2. The first-order valence-corrected chi connectivity index (χ1v) is 11.7. The number of carbonyl (C=O) groups is 2. The molecule has 0 bridgehead atoms. The summed E-state index contributed by atoms with van der Waals surface area (Å²) in [7, 11) is -3.29. The monoisotopic (exact) mass is 480 g/mol. The number of morpholine rings is 1. The SMILES string of the molecule is C1COCCN1.CCCNc1ccc(O)c2c1C(=O)c1ccccc1C2=O.COS(=O)(=O)O. The zero-order valence-electron chi connectivity index (χ0n) is 18.5. The highest BCUT2D eigenvalue weighted by atomic mass is 32.3. The molecule has 1 aliphatic heterocycles. The molecule has 0 aromatic heterocycles.